The van der Waals surface area contributed by atoms with E-state index in [1.807, 2.05) is 0 Å². The zero-order valence-electron chi connectivity index (χ0n) is 10.4. The van der Waals surface area contributed by atoms with Crippen molar-refractivity contribution in [3.8, 4) is 0 Å². The van der Waals surface area contributed by atoms with Crippen molar-refractivity contribution >= 4 is 11.9 Å². The van der Waals surface area contributed by atoms with Crippen molar-refractivity contribution in [2.24, 2.45) is 0 Å². The maximum Gasteiger partial charge on any atom is 0.401 e. The molecule has 110 valence electrons. The summed E-state index contributed by atoms with van der Waals surface area (Å²) in [5, 5.41) is 0. The summed E-state index contributed by atoms with van der Waals surface area (Å²) in [5.41, 5.74) is 0.0686. The van der Waals surface area contributed by atoms with Gasteiger partial charge in [0.25, 0.3) is 0 Å². The van der Waals surface area contributed by atoms with Gasteiger partial charge in [-0.15, -0.1) is 0 Å². The molecule has 0 aliphatic rings. The fourth-order valence-corrected chi connectivity index (χ4v) is 0.846. The summed E-state index contributed by atoms with van der Waals surface area (Å²) in [5.74, 6) is -8.03. The van der Waals surface area contributed by atoms with Crippen LogP contribution in [-0.2, 0) is 19.1 Å². The highest BCUT2D eigenvalue weighted by atomic mass is 19.3. The van der Waals surface area contributed by atoms with Crippen LogP contribution in [-0.4, -0.2) is 37.0 Å². The van der Waals surface area contributed by atoms with Crippen molar-refractivity contribution in [2.75, 3.05) is 6.61 Å². The van der Waals surface area contributed by atoms with E-state index >= 15 is 0 Å². The second kappa shape index (κ2) is 7.10. The van der Waals surface area contributed by atoms with Gasteiger partial charge in [-0.2, -0.15) is 8.78 Å². The number of esters is 2. The lowest BCUT2D eigenvalue weighted by Gasteiger charge is -2.20. The molecule has 1 unspecified atom stereocenters. The minimum atomic E-state index is -4.88. The Balaban J connectivity index is 4.46. The normalized spacial score (nSPS) is 13.0. The van der Waals surface area contributed by atoms with E-state index in [0.717, 1.165) is 0 Å². The lowest BCUT2D eigenvalue weighted by molar-refractivity contribution is -0.201. The van der Waals surface area contributed by atoms with Gasteiger partial charge >= 0.3 is 24.3 Å². The smallest absolute Gasteiger partial charge is 0.401 e. The Morgan fingerprint density at radius 3 is 2.21 bits per heavy atom. The third kappa shape index (κ3) is 5.27. The first-order chi connectivity index (χ1) is 8.62. The summed E-state index contributed by atoms with van der Waals surface area (Å²) in [6.45, 7) is 5.59. The predicted molar refractivity (Wildman–Crippen MR) is 56.9 cm³/mol. The number of carbonyl (C=O) groups excluding carboxylic acids is 2. The molecule has 0 saturated carbocycles. The molecule has 0 rings (SSSR count). The standard InChI is InChI=1S/C11H14F4O4/c1-4-7(5-18-8(16)6(2)3)19-10(17)11(14,15)9(12)13/h7,9H,2,4-5H2,1,3H3. The summed E-state index contributed by atoms with van der Waals surface area (Å²) >= 11 is 0. The number of hydrogen-bond acceptors (Lipinski definition) is 4. The zero-order valence-corrected chi connectivity index (χ0v) is 10.4. The van der Waals surface area contributed by atoms with Crippen LogP contribution in [0.3, 0.4) is 0 Å². The number of carbonyl (C=O) groups is 2. The third-order valence-electron chi connectivity index (χ3n) is 2.02. The molecule has 0 heterocycles. The highest BCUT2D eigenvalue weighted by Gasteiger charge is 2.51. The molecule has 0 saturated heterocycles. The topological polar surface area (TPSA) is 52.6 Å². The maximum absolute atomic E-state index is 12.6. The van der Waals surface area contributed by atoms with Crippen LogP contribution >= 0.6 is 0 Å². The molecule has 0 amide bonds. The highest BCUT2D eigenvalue weighted by molar-refractivity contribution is 5.86. The molecule has 0 N–H and O–H groups in total. The van der Waals surface area contributed by atoms with Crippen molar-refractivity contribution in [1.29, 1.82) is 0 Å². The molecule has 0 spiro atoms. The van der Waals surface area contributed by atoms with Crippen molar-refractivity contribution in [1.82, 2.24) is 0 Å². The third-order valence-corrected chi connectivity index (χ3v) is 2.02. The van der Waals surface area contributed by atoms with Gasteiger partial charge in [0.05, 0.1) is 0 Å². The van der Waals surface area contributed by atoms with E-state index in [0.29, 0.717) is 0 Å². The molecule has 0 aliphatic carbocycles. The first-order valence-electron chi connectivity index (χ1n) is 5.32. The van der Waals surface area contributed by atoms with Crippen LogP contribution < -0.4 is 0 Å². The summed E-state index contributed by atoms with van der Waals surface area (Å²) in [6.07, 6.45) is -5.36. The number of alkyl halides is 4. The van der Waals surface area contributed by atoms with Crippen molar-refractivity contribution < 1.29 is 36.6 Å². The maximum atomic E-state index is 12.6. The molecule has 0 bridgehead atoms. The SMILES string of the molecule is C=C(C)C(=O)OCC(CC)OC(=O)C(F)(F)C(F)F. The number of ether oxygens (including phenoxy) is 2. The molecule has 0 aromatic rings. The minimum absolute atomic E-state index is 0.0223. The largest absolute Gasteiger partial charge is 0.458 e. The number of halogens is 4. The van der Waals surface area contributed by atoms with Crippen LogP contribution in [0.25, 0.3) is 0 Å². The Morgan fingerprint density at radius 1 is 1.32 bits per heavy atom. The van der Waals surface area contributed by atoms with E-state index in [1.165, 1.54) is 13.8 Å². The van der Waals surface area contributed by atoms with Gasteiger partial charge in [-0.1, -0.05) is 13.5 Å². The summed E-state index contributed by atoms with van der Waals surface area (Å²) in [4.78, 5) is 21.9. The first-order valence-corrected chi connectivity index (χ1v) is 5.32. The van der Waals surface area contributed by atoms with E-state index in [2.05, 4.69) is 16.1 Å². The lowest BCUT2D eigenvalue weighted by atomic mass is 10.3. The Kier molecular flexibility index (Phi) is 6.51. The molecular weight excluding hydrogens is 272 g/mol. The Morgan fingerprint density at radius 2 is 1.84 bits per heavy atom. The quantitative estimate of drug-likeness (QED) is 0.409. The summed E-state index contributed by atoms with van der Waals surface area (Å²) < 4.78 is 57.8. The highest BCUT2D eigenvalue weighted by Crippen LogP contribution is 2.25. The Hall–Kier alpha value is -1.60. The van der Waals surface area contributed by atoms with Gasteiger partial charge in [0, 0.05) is 5.57 Å². The second-order valence-corrected chi connectivity index (χ2v) is 3.74. The molecular formula is C11H14F4O4. The molecule has 1 atom stereocenters. The van der Waals surface area contributed by atoms with Crippen LogP contribution in [0.5, 0.6) is 0 Å². The van der Waals surface area contributed by atoms with E-state index < -0.39 is 37.0 Å². The fraction of sp³-hybridized carbons (Fsp3) is 0.636. The number of hydrogen-bond donors (Lipinski definition) is 0. The van der Waals surface area contributed by atoms with Gasteiger partial charge in [0.2, 0.25) is 0 Å². The van der Waals surface area contributed by atoms with Gasteiger partial charge in [-0.05, 0) is 13.3 Å². The summed E-state index contributed by atoms with van der Waals surface area (Å²) in [6, 6.07) is 0. The van der Waals surface area contributed by atoms with Crippen LogP contribution in [0.4, 0.5) is 17.6 Å². The van der Waals surface area contributed by atoms with Gasteiger partial charge in [-0.25, -0.2) is 18.4 Å². The first kappa shape index (κ1) is 17.4. The molecule has 0 aromatic heterocycles. The monoisotopic (exact) mass is 286 g/mol. The van der Waals surface area contributed by atoms with Crippen molar-refractivity contribution in [2.45, 2.75) is 38.7 Å². The molecule has 0 radical (unpaired) electrons. The average molecular weight is 286 g/mol. The molecule has 8 heteroatoms. The predicted octanol–water partition coefficient (Wildman–Crippen LogP) is 2.33. The second-order valence-electron chi connectivity index (χ2n) is 3.74. The molecule has 0 aromatic carbocycles. The van der Waals surface area contributed by atoms with E-state index in [-0.39, 0.29) is 12.0 Å². The Labute approximate surface area is 107 Å². The van der Waals surface area contributed by atoms with Crippen LogP contribution in [0, 0.1) is 0 Å². The van der Waals surface area contributed by atoms with E-state index in [1.54, 1.807) is 0 Å². The fourth-order valence-electron chi connectivity index (χ4n) is 0.846. The van der Waals surface area contributed by atoms with E-state index in [9.17, 15) is 27.2 Å². The lowest BCUT2D eigenvalue weighted by Crippen LogP contribution is -2.41. The van der Waals surface area contributed by atoms with Crippen LogP contribution in [0.2, 0.25) is 0 Å². The van der Waals surface area contributed by atoms with Crippen molar-refractivity contribution in [3.63, 3.8) is 0 Å². The summed E-state index contributed by atoms with van der Waals surface area (Å²) in [7, 11) is 0. The van der Waals surface area contributed by atoms with Gasteiger partial charge in [0.1, 0.15) is 12.7 Å². The van der Waals surface area contributed by atoms with Gasteiger partial charge in [0.15, 0.2) is 0 Å². The zero-order chi connectivity index (χ0) is 15.2. The molecule has 0 fully saturated rings. The Bertz CT molecular complexity index is 355. The van der Waals surface area contributed by atoms with Crippen molar-refractivity contribution in [3.05, 3.63) is 12.2 Å². The van der Waals surface area contributed by atoms with Gasteiger partial charge < -0.3 is 9.47 Å². The van der Waals surface area contributed by atoms with E-state index in [4.69, 9.17) is 0 Å². The molecule has 19 heavy (non-hydrogen) atoms. The van der Waals surface area contributed by atoms with Gasteiger partial charge in [-0.3, -0.25) is 0 Å². The van der Waals surface area contributed by atoms with Crippen LogP contribution in [0.15, 0.2) is 12.2 Å². The average Bonchev–Trinajstić information content (AvgIpc) is 2.32. The molecule has 4 nitrogen and oxygen atoms in total. The molecule has 0 aliphatic heterocycles. The van der Waals surface area contributed by atoms with Crippen LogP contribution in [0.1, 0.15) is 20.3 Å². The number of rotatable bonds is 7. The minimum Gasteiger partial charge on any atom is -0.458 e.